The number of aromatic nitrogens is 2. The fourth-order valence-corrected chi connectivity index (χ4v) is 2.04. The first-order valence-electron chi connectivity index (χ1n) is 5.57. The Labute approximate surface area is 114 Å². The molecule has 0 saturated heterocycles. The van der Waals surface area contributed by atoms with Crippen LogP contribution < -0.4 is 16.5 Å². The SMILES string of the molecule is Cn1c(=O)c([NH+]=O)c(N)n(Cc2ccccc2)c1=S. The second-order valence-electron chi connectivity index (χ2n) is 4.08. The van der Waals surface area contributed by atoms with E-state index in [4.69, 9.17) is 18.0 Å². The average molecular weight is 277 g/mol. The van der Waals surface area contributed by atoms with Crippen molar-refractivity contribution in [1.82, 2.24) is 9.13 Å². The third kappa shape index (κ3) is 2.32. The molecule has 0 atom stereocenters. The summed E-state index contributed by atoms with van der Waals surface area (Å²) in [5.41, 5.74) is 6.09. The molecule has 98 valence electrons. The first-order valence-corrected chi connectivity index (χ1v) is 5.98. The molecule has 3 N–H and O–H groups in total. The number of nitrogens with two attached hydrogens (primary N) is 1. The third-order valence-corrected chi connectivity index (χ3v) is 3.36. The van der Waals surface area contributed by atoms with E-state index in [1.54, 1.807) is 9.74 Å². The van der Waals surface area contributed by atoms with Crippen molar-refractivity contribution in [2.45, 2.75) is 6.54 Å². The van der Waals surface area contributed by atoms with Gasteiger partial charge in [-0.25, -0.2) is 0 Å². The lowest BCUT2D eigenvalue weighted by molar-refractivity contribution is -0.380. The number of nitrogens with zero attached hydrogens (tertiary/aromatic N) is 2. The van der Waals surface area contributed by atoms with Crippen molar-refractivity contribution in [3.05, 3.63) is 55.9 Å². The number of hydrogen-bond acceptors (Lipinski definition) is 4. The van der Waals surface area contributed by atoms with Gasteiger partial charge in [-0.05, 0) is 17.8 Å². The van der Waals surface area contributed by atoms with Gasteiger partial charge in [0, 0.05) is 17.1 Å². The maximum absolute atomic E-state index is 11.8. The molecule has 0 spiro atoms. The fraction of sp³-hybridized carbons (Fsp3) is 0.167. The van der Waals surface area contributed by atoms with Gasteiger partial charge in [-0.1, -0.05) is 30.3 Å². The molecule has 1 aromatic carbocycles. The summed E-state index contributed by atoms with van der Waals surface area (Å²) in [5, 5.41) is 1.58. The third-order valence-electron chi connectivity index (χ3n) is 2.87. The van der Waals surface area contributed by atoms with E-state index in [2.05, 4.69) is 0 Å². The van der Waals surface area contributed by atoms with Crippen LogP contribution in [0.15, 0.2) is 35.1 Å². The number of nitroso groups, excluding NO2 is 1. The molecule has 2 aromatic rings. The zero-order chi connectivity index (χ0) is 14.0. The van der Waals surface area contributed by atoms with Crippen LogP contribution in [-0.2, 0) is 13.6 Å². The van der Waals surface area contributed by atoms with Crippen LogP contribution in [0, 0.1) is 9.68 Å². The summed E-state index contributed by atoms with van der Waals surface area (Å²) in [6.45, 7) is 0.397. The summed E-state index contributed by atoms with van der Waals surface area (Å²) < 4.78 is 3.03. The lowest BCUT2D eigenvalue weighted by Gasteiger charge is -2.11. The summed E-state index contributed by atoms with van der Waals surface area (Å²) in [4.78, 5) is 22.6. The topological polar surface area (TPSA) is 84.0 Å². The fourth-order valence-electron chi connectivity index (χ4n) is 1.80. The van der Waals surface area contributed by atoms with E-state index in [0.29, 0.717) is 6.54 Å². The number of rotatable bonds is 3. The summed E-state index contributed by atoms with van der Waals surface area (Å²) in [6.07, 6.45) is 0. The van der Waals surface area contributed by atoms with Crippen molar-refractivity contribution < 1.29 is 5.18 Å². The normalized spacial score (nSPS) is 10.4. The Morgan fingerprint density at radius 2 is 1.95 bits per heavy atom. The van der Waals surface area contributed by atoms with Crippen molar-refractivity contribution in [2.75, 3.05) is 5.73 Å². The van der Waals surface area contributed by atoms with Crippen LogP contribution >= 0.6 is 12.2 Å². The highest BCUT2D eigenvalue weighted by Gasteiger charge is 2.19. The Morgan fingerprint density at radius 1 is 1.32 bits per heavy atom. The molecular weight excluding hydrogens is 264 g/mol. The van der Waals surface area contributed by atoms with Crippen molar-refractivity contribution >= 4 is 23.7 Å². The van der Waals surface area contributed by atoms with Gasteiger partial charge in [0.05, 0.1) is 6.54 Å². The van der Waals surface area contributed by atoms with Gasteiger partial charge in [0.25, 0.3) is 0 Å². The van der Waals surface area contributed by atoms with Gasteiger partial charge in [-0.3, -0.25) is 13.9 Å². The predicted molar refractivity (Wildman–Crippen MR) is 74.5 cm³/mol. The highest BCUT2D eigenvalue weighted by Crippen LogP contribution is 2.12. The van der Waals surface area contributed by atoms with Crippen LogP contribution in [0.1, 0.15) is 5.56 Å². The van der Waals surface area contributed by atoms with Crippen LogP contribution in [0.5, 0.6) is 0 Å². The van der Waals surface area contributed by atoms with Crippen molar-refractivity contribution in [3.8, 4) is 0 Å². The van der Waals surface area contributed by atoms with Crippen molar-refractivity contribution in [2.24, 2.45) is 7.05 Å². The maximum atomic E-state index is 11.8. The number of nitrogens with one attached hydrogen (secondary N) is 1. The molecule has 0 bridgehead atoms. The molecule has 2 rings (SSSR count). The molecule has 0 amide bonds. The standard InChI is InChI=1S/C12H12N4O2S/c1-15-11(17)9(14-18)10(13)16(12(15)19)7-8-5-3-2-4-6-8/h2-6H,7,13H2,1H3/p+1. The summed E-state index contributed by atoms with van der Waals surface area (Å²) >= 11 is 5.19. The first-order chi connectivity index (χ1) is 9.06. The van der Waals surface area contributed by atoms with E-state index < -0.39 is 5.56 Å². The second-order valence-corrected chi connectivity index (χ2v) is 4.45. The van der Waals surface area contributed by atoms with E-state index in [9.17, 15) is 9.70 Å². The molecule has 0 aliphatic carbocycles. The lowest BCUT2D eigenvalue weighted by atomic mass is 10.2. The summed E-state index contributed by atoms with van der Waals surface area (Å²) in [7, 11) is 1.51. The van der Waals surface area contributed by atoms with Crippen LogP contribution in [-0.4, -0.2) is 9.13 Å². The average Bonchev–Trinajstić information content (AvgIpc) is 2.43. The van der Waals surface area contributed by atoms with E-state index in [0.717, 1.165) is 5.56 Å². The van der Waals surface area contributed by atoms with E-state index in [1.807, 2.05) is 30.3 Å². The van der Waals surface area contributed by atoms with Gasteiger partial charge < -0.3 is 5.73 Å². The minimum Gasteiger partial charge on any atom is -0.379 e. The molecule has 0 radical (unpaired) electrons. The van der Waals surface area contributed by atoms with E-state index in [-0.39, 0.29) is 16.3 Å². The molecular formula is C12H13N4O2S+. The molecule has 0 unspecified atom stereocenters. The second kappa shape index (κ2) is 5.15. The van der Waals surface area contributed by atoms with Gasteiger partial charge in [-0.2, -0.15) is 0 Å². The molecule has 1 aromatic heterocycles. The molecule has 7 heteroatoms. The largest absolute Gasteiger partial charge is 0.379 e. The molecule has 0 fully saturated rings. The molecule has 6 nitrogen and oxygen atoms in total. The molecule has 1 heterocycles. The maximum Gasteiger partial charge on any atom is 0.357 e. The van der Waals surface area contributed by atoms with E-state index in [1.165, 1.54) is 11.6 Å². The Bertz CT molecular complexity index is 734. The molecule has 19 heavy (non-hydrogen) atoms. The minimum atomic E-state index is -0.526. The number of nitrogen functional groups attached to an aromatic ring is 1. The van der Waals surface area contributed by atoms with Crippen LogP contribution in [0.3, 0.4) is 0 Å². The quantitative estimate of drug-likeness (QED) is 0.775. The number of hydrogen-bond donors (Lipinski definition) is 2. The minimum absolute atomic E-state index is 0.0481. The highest BCUT2D eigenvalue weighted by atomic mass is 32.1. The monoisotopic (exact) mass is 277 g/mol. The predicted octanol–water partition coefficient (Wildman–Crippen LogP) is 0.0253. The van der Waals surface area contributed by atoms with Crippen LogP contribution in [0.25, 0.3) is 0 Å². The number of anilines is 1. The Balaban J connectivity index is 2.64. The lowest BCUT2D eigenvalue weighted by Crippen LogP contribution is -2.61. The summed E-state index contributed by atoms with van der Waals surface area (Å²) in [5.74, 6) is 0.0481. The Kier molecular flexibility index (Phi) is 3.57. The molecule has 0 aliphatic rings. The van der Waals surface area contributed by atoms with Gasteiger partial charge in [0.15, 0.2) is 10.6 Å². The van der Waals surface area contributed by atoms with Crippen LogP contribution in [0.2, 0.25) is 0 Å². The van der Waals surface area contributed by atoms with Crippen molar-refractivity contribution in [1.29, 1.82) is 0 Å². The molecule has 0 saturated carbocycles. The Morgan fingerprint density at radius 3 is 2.53 bits per heavy atom. The number of benzene rings is 1. The highest BCUT2D eigenvalue weighted by molar-refractivity contribution is 7.71. The van der Waals surface area contributed by atoms with Gasteiger partial charge in [-0.15, -0.1) is 0 Å². The first kappa shape index (κ1) is 13.2. The van der Waals surface area contributed by atoms with Gasteiger partial charge in [0.1, 0.15) is 0 Å². The zero-order valence-electron chi connectivity index (χ0n) is 10.3. The summed E-state index contributed by atoms with van der Waals surface area (Å²) in [6, 6.07) is 9.51. The smallest absolute Gasteiger partial charge is 0.357 e. The van der Waals surface area contributed by atoms with Gasteiger partial charge >= 0.3 is 11.2 Å². The van der Waals surface area contributed by atoms with E-state index >= 15 is 0 Å². The van der Waals surface area contributed by atoms with Crippen LogP contribution in [0.4, 0.5) is 11.5 Å². The van der Waals surface area contributed by atoms with Gasteiger partial charge in [0.2, 0.25) is 0 Å². The molecule has 0 aliphatic heterocycles. The zero-order valence-corrected chi connectivity index (χ0v) is 11.1. The van der Waals surface area contributed by atoms with Crippen molar-refractivity contribution in [3.63, 3.8) is 0 Å². The Hall–Kier alpha value is -2.28.